The summed E-state index contributed by atoms with van der Waals surface area (Å²) < 4.78 is 11.3. The van der Waals surface area contributed by atoms with E-state index in [0.29, 0.717) is 6.10 Å². The minimum atomic E-state index is 0.467. The third-order valence-corrected chi connectivity index (χ3v) is 4.57. The molecule has 2 aliphatic rings. The molecule has 1 aliphatic heterocycles. The molecule has 0 spiro atoms. The fraction of sp³-hybridized carbons (Fsp3) is 0.833. The topological polar surface area (TPSA) is 54.9 Å². The molecule has 132 valence electrons. The van der Waals surface area contributed by atoms with E-state index in [1.54, 1.807) is 0 Å². The Kier molecular flexibility index (Phi) is 9.11. The quantitative estimate of drug-likeness (QED) is 0.249. The van der Waals surface area contributed by atoms with Crippen LogP contribution in [0.4, 0.5) is 0 Å². The van der Waals surface area contributed by atoms with Gasteiger partial charge in [-0.1, -0.05) is 37.3 Å². The molecule has 23 heavy (non-hydrogen) atoms. The molecule has 0 aromatic heterocycles. The van der Waals surface area contributed by atoms with Gasteiger partial charge in [0.1, 0.15) is 0 Å². The van der Waals surface area contributed by atoms with E-state index < -0.39 is 0 Å². The summed E-state index contributed by atoms with van der Waals surface area (Å²) in [5.41, 5.74) is 1.48. The zero-order chi connectivity index (χ0) is 16.2. The summed E-state index contributed by atoms with van der Waals surface area (Å²) in [6, 6.07) is 0. The Morgan fingerprint density at radius 2 is 2.00 bits per heavy atom. The van der Waals surface area contributed by atoms with Gasteiger partial charge >= 0.3 is 0 Å². The Balaban J connectivity index is 1.53. The summed E-state index contributed by atoms with van der Waals surface area (Å²) in [6.07, 6.45) is 12.6. The molecule has 2 N–H and O–H groups in total. The Hall–Kier alpha value is -1.07. The van der Waals surface area contributed by atoms with Gasteiger partial charge in [0, 0.05) is 20.1 Å². The molecule has 0 amide bonds. The third-order valence-electron chi connectivity index (χ3n) is 4.57. The highest BCUT2D eigenvalue weighted by atomic mass is 16.5. The van der Waals surface area contributed by atoms with E-state index in [1.165, 1.54) is 44.1 Å². The van der Waals surface area contributed by atoms with Crippen LogP contribution in [0.1, 0.15) is 51.4 Å². The molecule has 5 nitrogen and oxygen atoms in total. The average Bonchev–Trinajstić information content (AvgIpc) is 2.87. The van der Waals surface area contributed by atoms with Crippen LogP contribution in [-0.2, 0) is 9.47 Å². The molecule has 0 bridgehead atoms. The van der Waals surface area contributed by atoms with Gasteiger partial charge in [-0.3, -0.25) is 4.99 Å². The van der Waals surface area contributed by atoms with E-state index in [4.69, 9.17) is 9.47 Å². The van der Waals surface area contributed by atoms with Gasteiger partial charge in [-0.15, -0.1) is 0 Å². The van der Waals surface area contributed by atoms with Crippen molar-refractivity contribution < 1.29 is 9.47 Å². The molecule has 0 atom stereocenters. The van der Waals surface area contributed by atoms with E-state index in [1.807, 2.05) is 7.05 Å². The number of guanidine groups is 1. The van der Waals surface area contributed by atoms with E-state index in [2.05, 4.69) is 21.7 Å². The number of nitrogens with zero attached hydrogens (tertiary/aromatic N) is 1. The second-order valence-corrected chi connectivity index (χ2v) is 6.35. The number of nitrogens with one attached hydrogen (secondary N) is 2. The first-order valence-corrected chi connectivity index (χ1v) is 9.20. The average molecular weight is 323 g/mol. The third kappa shape index (κ3) is 7.84. The fourth-order valence-corrected chi connectivity index (χ4v) is 3.16. The summed E-state index contributed by atoms with van der Waals surface area (Å²) in [4.78, 5) is 4.26. The van der Waals surface area contributed by atoms with Crippen molar-refractivity contribution in [2.24, 2.45) is 4.99 Å². The van der Waals surface area contributed by atoms with Crippen molar-refractivity contribution in [3.63, 3.8) is 0 Å². The number of rotatable bonds is 7. The van der Waals surface area contributed by atoms with Crippen molar-refractivity contribution in [3.05, 3.63) is 11.6 Å². The molecule has 1 fully saturated rings. The summed E-state index contributed by atoms with van der Waals surface area (Å²) >= 11 is 0. The van der Waals surface area contributed by atoms with Gasteiger partial charge in [-0.25, -0.2) is 0 Å². The van der Waals surface area contributed by atoms with Crippen molar-refractivity contribution in [1.82, 2.24) is 10.6 Å². The van der Waals surface area contributed by atoms with E-state index in [-0.39, 0.29) is 0 Å². The Labute approximate surface area is 140 Å². The van der Waals surface area contributed by atoms with Crippen LogP contribution < -0.4 is 10.6 Å². The highest BCUT2D eigenvalue weighted by molar-refractivity contribution is 5.79. The maximum absolute atomic E-state index is 5.99. The van der Waals surface area contributed by atoms with Crippen LogP contribution in [0.15, 0.2) is 16.6 Å². The van der Waals surface area contributed by atoms with Gasteiger partial charge in [0.15, 0.2) is 5.96 Å². The molecular formula is C18H33N3O2. The fourth-order valence-electron chi connectivity index (χ4n) is 3.16. The lowest BCUT2D eigenvalue weighted by molar-refractivity contribution is 0.0468. The summed E-state index contributed by atoms with van der Waals surface area (Å²) in [5, 5.41) is 6.70. The van der Waals surface area contributed by atoms with Crippen LogP contribution in [0.3, 0.4) is 0 Å². The molecule has 0 unspecified atom stereocenters. The Morgan fingerprint density at radius 3 is 2.70 bits per heavy atom. The first-order valence-electron chi connectivity index (χ1n) is 9.20. The predicted molar refractivity (Wildman–Crippen MR) is 94.9 cm³/mol. The highest BCUT2D eigenvalue weighted by Gasteiger charge is 2.12. The van der Waals surface area contributed by atoms with Crippen LogP contribution in [-0.4, -0.2) is 52.0 Å². The molecule has 1 saturated carbocycles. The maximum atomic E-state index is 5.99. The Bertz CT molecular complexity index is 374. The van der Waals surface area contributed by atoms with Crippen LogP contribution in [0.5, 0.6) is 0 Å². The lowest BCUT2D eigenvalue weighted by Gasteiger charge is -2.17. The van der Waals surface area contributed by atoms with Gasteiger partial charge in [-0.05, 0) is 25.7 Å². The summed E-state index contributed by atoms with van der Waals surface area (Å²) in [7, 11) is 1.81. The molecule has 0 radical (unpaired) electrons. The lowest BCUT2D eigenvalue weighted by Crippen LogP contribution is -2.39. The molecule has 0 aromatic carbocycles. The smallest absolute Gasteiger partial charge is 0.191 e. The molecule has 0 saturated heterocycles. The monoisotopic (exact) mass is 323 g/mol. The van der Waals surface area contributed by atoms with Crippen molar-refractivity contribution in [2.45, 2.75) is 57.5 Å². The molecule has 1 heterocycles. The second-order valence-electron chi connectivity index (χ2n) is 6.35. The normalized spacial score (nSPS) is 20.7. The minimum absolute atomic E-state index is 0.467. The van der Waals surface area contributed by atoms with Gasteiger partial charge < -0.3 is 20.1 Å². The second kappa shape index (κ2) is 11.5. The van der Waals surface area contributed by atoms with E-state index in [0.717, 1.165) is 51.7 Å². The van der Waals surface area contributed by atoms with Gasteiger partial charge in [-0.2, -0.15) is 0 Å². The molecule has 1 aliphatic carbocycles. The zero-order valence-electron chi connectivity index (χ0n) is 14.6. The Morgan fingerprint density at radius 1 is 1.22 bits per heavy atom. The number of hydrogen-bond acceptors (Lipinski definition) is 3. The number of hydrogen-bond donors (Lipinski definition) is 2. The van der Waals surface area contributed by atoms with E-state index >= 15 is 0 Å². The minimum Gasteiger partial charge on any atom is -0.377 e. The van der Waals surface area contributed by atoms with Crippen LogP contribution in [0.25, 0.3) is 0 Å². The molecule has 2 rings (SSSR count). The highest BCUT2D eigenvalue weighted by Crippen LogP contribution is 2.19. The van der Waals surface area contributed by atoms with Crippen molar-refractivity contribution >= 4 is 5.96 Å². The van der Waals surface area contributed by atoms with Crippen LogP contribution >= 0.6 is 0 Å². The largest absolute Gasteiger partial charge is 0.377 e. The van der Waals surface area contributed by atoms with Crippen LogP contribution in [0.2, 0.25) is 0 Å². The first-order chi connectivity index (χ1) is 11.4. The summed E-state index contributed by atoms with van der Waals surface area (Å²) in [5.74, 6) is 0.863. The first kappa shape index (κ1) is 18.3. The maximum Gasteiger partial charge on any atom is 0.191 e. The van der Waals surface area contributed by atoms with Gasteiger partial charge in [0.25, 0.3) is 0 Å². The predicted octanol–water partition coefficient (Wildman–Crippen LogP) is 2.63. The standard InChI is InChI=1S/C18H33N3O2/c1-19-18(20-11-8-16-9-13-22-14-10-16)21-12-15-23-17-6-4-2-3-5-7-17/h9,17H,2-8,10-15H2,1H3,(H2,19,20,21). The SMILES string of the molecule is CN=C(NCCOC1CCCCCC1)NCCC1=CCOCC1. The molecule has 0 aromatic rings. The number of ether oxygens (including phenoxy) is 2. The van der Waals surface area contributed by atoms with Crippen molar-refractivity contribution in [2.75, 3.05) is 40.0 Å². The molecule has 5 heteroatoms. The van der Waals surface area contributed by atoms with Gasteiger partial charge in [0.2, 0.25) is 0 Å². The zero-order valence-corrected chi connectivity index (χ0v) is 14.6. The summed E-state index contributed by atoms with van der Waals surface area (Å²) in [6.45, 7) is 4.10. The van der Waals surface area contributed by atoms with Gasteiger partial charge in [0.05, 0.1) is 25.9 Å². The van der Waals surface area contributed by atoms with Crippen molar-refractivity contribution in [3.8, 4) is 0 Å². The molecular weight excluding hydrogens is 290 g/mol. The number of aliphatic imine (C=N–C) groups is 1. The van der Waals surface area contributed by atoms with Crippen molar-refractivity contribution in [1.29, 1.82) is 0 Å². The lowest BCUT2D eigenvalue weighted by atomic mass is 10.1. The van der Waals surface area contributed by atoms with Crippen LogP contribution in [0, 0.1) is 0 Å². The van der Waals surface area contributed by atoms with E-state index in [9.17, 15) is 0 Å².